The van der Waals surface area contributed by atoms with Crippen LogP contribution >= 0.6 is 0 Å². The average molecular weight is 460 g/mol. The Hall–Kier alpha value is -3.21. The number of para-hydroxylation sites is 1. The summed E-state index contributed by atoms with van der Waals surface area (Å²) in [5, 5.41) is 2.63. The van der Waals surface area contributed by atoms with Crippen LogP contribution in [0.5, 0.6) is 0 Å². The molecule has 0 atom stereocenters. The van der Waals surface area contributed by atoms with Gasteiger partial charge in [0.05, 0.1) is 15.5 Å². The molecule has 0 aliphatic rings. The molecule has 8 nitrogen and oxygen atoms in total. The third kappa shape index (κ3) is 4.93. The van der Waals surface area contributed by atoms with E-state index in [4.69, 9.17) is 0 Å². The number of rotatable bonds is 7. The summed E-state index contributed by atoms with van der Waals surface area (Å²) in [5.74, 6) is -0.501. The van der Waals surface area contributed by atoms with Crippen LogP contribution in [0.25, 0.3) is 0 Å². The minimum atomic E-state index is -3.83. The number of sulfonamides is 2. The molecule has 0 fully saturated rings. The van der Waals surface area contributed by atoms with Gasteiger partial charge in [-0.1, -0.05) is 24.3 Å². The van der Waals surface area contributed by atoms with Crippen LogP contribution in [0.3, 0.4) is 0 Å². The van der Waals surface area contributed by atoms with Crippen LogP contribution in [0.1, 0.15) is 10.4 Å². The third-order valence-corrected chi connectivity index (χ3v) is 7.78. The molecular weight excluding hydrogens is 438 g/mol. The standard InChI is InChI=1S/C21H21N3O5S2/c1-22-30(26,27)19-13-11-16(12-14-19)21(25)23-17-7-6-10-20(15-17)31(28,29)24(2)18-8-4-3-5-9-18/h3-15,22H,1-2H3,(H,23,25). The van der Waals surface area contributed by atoms with Crippen LogP contribution in [0.15, 0.2) is 88.7 Å². The van der Waals surface area contributed by atoms with Gasteiger partial charge in [0, 0.05) is 18.3 Å². The summed E-state index contributed by atoms with van der Waals surface area (Å²) in [6, 6.07) is 19.9. The van der Waals surface area contributed by atoms with Crippen molar-refractivity contribution in [2.45, 2.75) is 9.79 Å². The number of anilines is 2. The maximum Gasteiger partial charge on any atom is 0.264 e. The van der Waals surface area contributed by atoms with Gasteiger partial charge in [0.1, 0.15) is 0 Å². The van der Waals surface area contributed by atoms with Crippen molar-refractivity contribution in [3.05, 3.63) is 84.4 Å². The summed E-state index contributed by atoms with van der Waals surface area (Å²) in [5.41, 5.74) is 1.03. The maximum absolute atomic E-state index is 13.0. The largest absolute Gasteiger partial charge is 0.322 e. The number of amides is 1. The topological polar surface area (TPSA) is 113 Å². The second kappa shape index (κ2) is 8.88. The SMILES string of the molecule is CNS(=O)(=O)c1ccc(C(=O)Nc2cccc(S(=O)(=O)N(C)c3ccccc3)c2)cc1. The third-order valence-electron chi connectivity index (χ3n) is 4.57. The summed E-state index contributed by atoms with van der Waals surface area (Å²) in [4.78, 5) is 12.6. The summed E-state index contributed by atoms with van der Waals surface area (Å²) in [7, 11) is -4.68. The highest BCUT2D eigenvalue weighted by atomic mass is 32.2. The number of carbonyl (C=O) groups excluding carboxylic acids is 1. The van der Waals surface area contributed by atoms with E-state index in [-0.39, 0.29) is 15.4 Å². The first-order valence-corrected chi connectivity index (χ1v) is 12.1. The molecule has 2 N–H and O–H groups in total. The molecule has 1 amide bonds. The molecule has 3 aromatic carbocycles. The molecule has 0 bridgehead atoms. The van der Waals surface area contributed by atoms with Crippen molar-refractivity contribution in [1.29, 1.82) is 0 Å². The fourth-order valence-corrected chi connectivity index (χ4v) is 4.75. The molecule has 0 saturated carbocycles. The van der Waals surface area contributed by atoms with Crippen molar-refractivity contribution >= 4 is 37.3 Å². The van der Waals surface area contributed by atoms with Gasteiger partial charge in [0.15, 0.2) is 0 Å². The number of carbonyl (C=O) groups is 1. The van der Waals surface area contributed by atoms with E-state index in [1.807, 2.05) is 0 Å². The number of nitrogens with zero attached hydrogens (tertiary/aromatic N) is 1. The van der Waals surface area contributed by atoms with E-state index in [1.165, 1.54) is 56.6 Å². The summed E-state index contributed by atoms with van der Waals surface area (Å²) in [6.07, 6.45) is 0. The van der Waals surface area contributed by atoms with E-state index in [0.29, 0.717) is 11.4 Å². The lowest BCUT2D eigenvalue weighted by Gasteiger charge is -2.19. The predicted molar refractivity (Wildman–Crippen MR) is 119 cm³/mol. The Morgan fingerprint density at radius 1 is 0.806 bits per heavy atom. The molecular formula is C21H21N3O5S2. The van der Waals surface area contributed by atoms with Crippen molar-refractivity contribution in [2.75, 3.05) is 23.7 Å². The van der Waals surface area contributed by atoms with E-state index in [1.54, 1.807) is 36.4 Å². The van der Waals surface area contributed by atoms with E-state index >= 15 is 0 Å². The molecule has 0 aromatic heterocycles. The molecule has 0 spiro atoms. The van der Waals surface area contributed by atoms with Crippen LogP contribution in [0, 0.1) is 0 Å². The van der Waals surface area contributed by atoms with Gasteiger partial charge in [-0.05, 0) is 61.6 Å². The first kappa shape index (κ1) is 22.5. The molecule has 0 heterocycles. The highest BCUT2D eigenvalue weighted by Crippen LogP contribution is 2.24. The Balaban J connectivity index is 1.81. The molecule has 31 heavy (non-hydrogen) atoms. The number of nitrogens with one attached hydrogen (secondary N) is 2. The van der Waals surface area contributed by atoms with Gasteiger partial charge in [-0.2, -0.15) is 0 Å². The van der Waals surface area contributed by atoms with E-state index in [0.717, 1.165) is 4.31 Å². The zero-order valence-electron chi connectivity index (χ0n) is 16.8. The molecule has 0 radical (unpaired) electrons. The number of benzene rings is 3. The van der Waals surface area contributed by atoms with Crippen LogP contribution < -0.4 is 14.3 Å². The molecule has 3 aromatic rings. The Labute approximate surface area is 181 Å². The molecule has 0 unspecified atom stereocenters. The molecule has 3 rings (SSSR count). The van der Waals surface area contributed by atoms with Crippen molar-refractivity contribution in [3.63, 3.8) is 0 Å². The predicted octanol–water partition coefficient (Wildman–Crippen LogP) is 2.67. The minimum Gasteiger partial charge on any atom is -0.322 e. The molecule has 162 valence electrons. The first-order valence-electron chi connectivity index (χ1n) is 9.14. The van der Waals surface area contributed by atoms with Gasteiger partial charge in [-0.25, -0.2) is 21.6 Å². The minimum absolute atomic E-state index is 0.0205. The number of hydrogen-bond acceptors (Lipinski definition) is 5. The Morgan fingerprint density at radius 3 is 2.06 bits per heavy atom. The average Bonchev–Trinajstić information content (AvgIpc) is 2.79. The number of hydrogen-bond donors (Lipinski definition) is 2. The molecule has 0 aliphatic heterocycles. The second-order valence-corrected chi connectivity index (χ2v) is 10.4. The summed E-state index contributed by atoms with van der Waals surface area (Å²) in [6.45, 7) is 0. The fourth-order valence-electron chi connectivity index (χ4n) is 2.78. The van der Waals surface area contributed by atoms with Gasteiger partial charge < -0.3 is 5.32 Å². The zero-order valence-corrected chi connectivity index (χ0v) is 18.4. The zero-order chi connectivity index (χ0) is 22.6. The monoisotopic (exact) mass is 459 g/mol. The summed E-state index contributed by atoms with van der Waals surface area (Å²) >= 11 is 0. The Kier molecular flexibility index (Phi) is 6.44. The fraction of sp³-hybridized carbons (Fsp3) is 0.0952. The van der Waals surface area contributed by atoms with Crippen LogP contribution in [0.4, 0.5) is 11.4 Å². The Bertz CT molecular complexity index is 1290. The smallest absolute Gasteiger partial charge is 0.264 e. The van der Waals surface area contributed by atoms with Crippen molar-refractivity contribution in [3.8, 4) is 0 Å². The molecule has 0 saturated heterocycles. The molecule has 10 heteroatoms. The van der Waals surface area contributed by atoms with Crippen LogP contribution in [-0.4, -0.2) is 36.8 Å². The lowest BCUT2D eigenvalue weighted by Crippen LogP contribution is -2.26. The van der Waals surface area contributed by atoms with Crippen molar-refractivity contribution < 1.29 is 21.6 Å². The lowest BCUT2D eigenvalue weighted by atomic mass is 10.2. The lowest BCUT2D eigenvalue weighted by molar-refractivity contribution is 0.102. The van der Waals surface area contributed by atoms with Crippen molar-refractivity contribution in [2.24, 2.45) is 0 Å². The van der Waals surface area contributed by atoms with E-state index < -0.39 is 26.0 Å². The first-order chi connectivity index (χ1) is 14.6. The highest BCUT2D eigenvalue weighted by molar-refractivity contribution is 7.92. The van der Waals surface area contributed by atoms with E-state index in [2.05, 4.69) is 10.0 Å². The van der Waals surface area contributed by atoms with Gasteiger partial charge in [0.2, 0.25) is 10.0 Å². The van der Waals surface area contributed by atoms with Gasteiger partial charge >= 0.3 is 0 Å². The highest BCUT2D eigenvalue weighted by Gasteiger charge is 2.22. The van der Waals surface area contributed by atoms with Crippen molar-refractivity contribution in [1.82, 2.24) is 4.72 Å². The van der Waals surface area contributed by atoms with Gasteiger partial charge in [-0.15, -0.1) is 0 Å². The maximum atomic E-state index is 13.0. The van der Waals surface area contributed by atoms with E-state index in [9.17, 15) is 21.6 Å². The second-order valence-electron chi connectivity index (χ2n) is 6.52. The van der Waals surface area contributed by atoms with Gasteiger partial charge in [-0.3, -0.25) is 9.10 Å². The van der Waals surface area contributed by atoms with Crippen LogP contribution in [-0.2, 0) is 20.0 Å². The molecule has 0 aliphatic carbocycles. The van der Waals surface area contributed by atoms with Gasteiger partial charge in [0.25, 0.3) is 15.9 Å². The van der Waals surface area contributed by atoms with Crippen LogP contribution in [0.2, 0.25) is 0 Å². The Morgan fingerprint density at radius 2 is 1.45 bits per heavy atom. The quantitative estimate of drug-likeness (QED) is 0.564. The normalized spacial score (nSPS) is 11.7. The summed E-state index contributed by atoms with van der Waals surface area (Å²) < 4.78 is 52.8.